The summed E-state index contributed by atoms with van der Waals surface area (Å²) >= 11 is 0. The number of nitrogens with zero attached hydrogens (tertiary/aromatic N) is 4. The highest BCUT2D eigenvalue weighted by molar-refractivity contribution is 5.36. The van der Waals surface area contributed by atoms with E-state index in [4.69, 9.17) is 4.74 Å². The zero-order valence-corrected chi connectivity index (χ0v) is 16.8. The topological polar surface area (TPSA) is 53.8 Å². The molecule has 1 saturated heterocycles. The van der Waals surface area contributed by atoms with Crippen LogP contribution in [0.3, 0.4) is 0 Å². The molecule has 0 amide bonds. The van der Waals surface area contributed by atoms with Crippen molar-refractivity contribution in [2.45, 2.75) is 45.9 Å². The third-order valence-corrected chi connectivity index (χ3v) is 5.50. The number of ether oxygens (including phenoxy) is 1. The fraction of sp³-hybridized carbons (Fsp3) is 0.571. The van der Waals surface area contributed by atoms with Crippen LogP contribution in [0.25, 0.3) is 0 Å². The number of methoxy groups -OCH3 is 1. The number of aliphatic hydroxyl groups is 1. The van der Waals surface area contributed by atoms with Gasteiger partial charge in [-0.25, -0.2) is 4.98 Å². The lowest BCUT2D eigenvalue weighted by molar-refractivity contribution is 0.0482. The van der Waals surface area contributed by atoms with E-state index < -0.39 is 0 Å². The van der Waals surface area contributed by atoms with Crippen LogP contribution in [0, 0.1) is 6.92 Å². The molecule has 0 bridgehead atoms. The molecule has 1 aromatic carbocycles. The molecule has 6 nitrogen and oxygen atoms in total. The molecule has 6 heteroatoms. The van der Waals surface area contributed by atoms with Crippen molar-refractivity contribution in [1.82, 2.24) is 19.4 Å². The molecule has 1 aliphatic heterocycles. The minimum atomic E-state index is 0.222. The van der Waals surface area contributed by atoms with Gasteiger partial charge in [0.1, 0.15) is 11.6 Å². The van der Waals surface area contributed by atoms with E-state index in [0.717, 1.165) is 57.3 Å². The van der Waals surface area contributed by atoms with Crippen molar-refractivity contribution >= 4 is 0 Å². The Bertz CT molecular complexity index is 731. The summed E-state index contributed by atoms with van der Waals surface area (Å²) in [6.45, 7) is 10.2. The van der Waals surface area contributed by atoms with Gasteiger partial charge in [-0.05, 0) is 37.5 Å². The maximum atomic E-state index is 9.56. The molecule has 1 N–H and O–H groups in total. The highest BCUT2D eigenvalue weighted by Crippen LogP contribution is 2.22. The van der Waals surface area contributed by atoms with Crippen LogP contribution in [0.4, 0.5) is 0 Å². The third kappa shape index (κ3) is 4.89. The summed E-state index contributed by atoms with van der Waals surface area (Å²) in [6, 6.07) is 6.76. The molecular formula is C21H32N4O2. The Balaban J connectivity index is 1.64. The van der Waals surface area contributed by atoms with Gasteiger partial charge in [0.15, 0.2) is 0 Å². The summed E-state index contributed by atoms with van der Waals surface area (Å²) in [6.07, 6.45) is 4.73. The standard InChI is InChI=1S/C21H32N4O2/c1-4-24-9-8-22-21(24)16-23-10-11-25(19(15-23)7-12-26)14-18-5-6-20(27-3)17(2)13-18/h5-6,8-9,13,19,26H,4,7,10-12,14-16H2,1-3H3/t19-/m1/s1. The predicted octanol–water partition coefficient (Wildman–Crippen LogP) is 2.29. The number of hydrogen-bond acceptors (Lipinski definition) is 5. The summed E-state index contributed by atoms with van der Waals surface area (Å²) in [5, 5.41) is 9.56. The van der Waals surface area contributed by atoms with Crippen molar-refractivity contribution in [2.75, 3.05) is 33.4 Å². The van der Waals surface area contributed by atoms with Gasteiger partial charge >= 0.3 is 0 Å². The number of aliphatic hydroxyl groups excluding tert-OH is 1. The highest BCUT2D eigenvalue weighted by Gasteiger charge is 2.27. The van der Waals surface area contributed by atoms with Crippen molar-refractivity contribution in [1.29, 1.82) is 0 Å². The molecular weight excluding hydrogens is 340 g/mol. The second-order valence-corrected chi connectivity index (χ2v) is 7.31. The van der Waals surface area contributed by atoms with Gasteiger partial charge in [-0.1, -0.05) is 12.1 Å². The van der Waals surface area contributed by atoms with Crippen LogP contribution in [-0.2, 0) is 19.6 Å². The van der Waals surface area contributed by atoms with Crippen LogP contribution < -0.4 is 4.74 Å². The maximum absolute atomic E-state index is 9.56. The zero-order chi connectivity index (χ0) is 19.2. The van der Waals surface area contributed by atoms with Crippen molar-refractivity contribution in [3.05, 3.63) is 47.5 Å². The van der Waals surface area contributed by atoms with Crippen LogP contribution in [0.5, 0.6) is 5.75 Å². The molecule has 1 aliphatic rings. The first-order chi connectivity index (χ1) is 13.1. The van der Waals surface area contributed by atoms with E-state index in [0.29, 0.717) is 6.04 Å². The van der Waals surface area contributed by atoms with E-state index in [1.54, 1.807) is 7.11 Å². The van der Waals surface area contributed by atoms with E-state index in [9.17, 15) is 5.11 Å². The Kier molecular flexibility index (Phi) is 6.88. The SMILES string of the molecule is CCn1ccnc1CN1CCN(Cc2ccc(OC)c(C)c2)[C@H](CCO)C1. The van der Waals surface area contributed by atoms with E-state index in [1.807, 2.05) is 18.5 Å². The molecule has 0 unspecified atom stereocenters. The number of imidazole rings is 1. The molecule has 1 fully saturated rings. The van der Waals surface area contributed by atoms with Gasteiger partial charge in [-0.2, -0.15) is 0 Å². The van der Waals surface area contributed by atoms with E-state index in [2.05, 4.69) is 45.3 Å². The van der Waals surface area contributed by atoms with Gasteiger partial charge in [0.2, 0.25) is 0 Å². The average molecular weight is 373 g/mol. The Morgan fingerprint density at radius 1 is 1.26 bits per heavy atom. The van der Waals surface area contributed by atoms with Crippen LogP contribution in [0.1, 0.15) is 30.3 Å². The Morgan fingerprint density at radius 3 is 2.81 bits per heavy atom. The molecule has 148 valence electrons. The average Bonchev–Trinajstić information content (AvgIpc) is 3.11. The van der Waals surface area contributed by atoms with Crippen molar-refractivity contribution in [2.24, 2.45) is 0 Å². The summed E-state index contributed by atoms with van der Waals surface area (Å²) < 4.78 is 7.57. The number of benzene rings is 1. The lowest BCUT2D eigenvalue weighted by atomic mass is 10.1. The molecule has 2 aromatic rings. The summed E-state index contributed by atoms with van der Waals surface area (Å²) in [5.74, 6) is 2.06. The van der Waals surface area contributed by atoms with Crippen molar-refractivity contribution in [3.63, 3.8) is 0 Å². The number of aromatic nitrogens is 2. The highest BCUT2D eigenvalue weighted by atomic mass is 16.5. The van der Waals surface area contributed by atoms with Crippen LogP contribution in [0.2, 0.25) is 0 Å². The minimum Gasteiger partial charge on any atom is -0.496 e. The number of rotatable bonds is 8. The largest absolute Gasteiger partial charge is 0.496 e. The Labute approximate surface area is 162 Å². The van der Waals surface area contributed by atoms with Gasteiger partial charge in [-0.15, -0.1) is 0 Å². The van der Waals surface area contributed by atoms with E-state index >= 15 is 0 Å². The molecule has 3 rings (SSSR count). The second kappa shape index (κ2) is 9.35. The maximum Gasteiger partial charge on any atom is 0.122 e. The minimum absolute atomic E-state index is 0.222. The molecule has 0 radical (unpaired) electrons. The first-order valence-corrected chi connectivity index (χ1v) is 9.85. The summed E-state index contributed by atoms with van der Waals surface area (Å²) in [5.41, 5.74) is 2.46. The molecule has 27 heavy (non-hydrogen) atoms. The van der Waals surface area contributed by atoms with Gasteiger partial charge in [0.25, 0.3) is 0 Å². The van der Waals surface area contributed by atoms with Gasteiger partial charge in [0, 0.05) is 57.8 Å². The zero-order valence-electron chi connectivity index (χ0n) is 16.8. The molecule has 0 aliphatic carbocycles. The molecule has 0 saturated carbocycles. The number of piperazine rings is 1. The first-order valence-electron chi connectivity index (χ1n) is 9.85. The second-order valence-electron chi connectivity index (χ2n) is 7.31. The normalized spacial score (nSPS) is 18.7. The Morgan fingerprint density at radius 2 is 2.11 bits per heavy atom. The fourth-order valence-corrected chi connectivity index (χ4v) is 3.98. The number of aryl methyl sites for hydroxylation is 2. The van der Waals surface area contributed by atoms with E-state index in [-0.39, 0.29) is 6.61 Å². The fourth-order valence-electron chi connectivity index (χ4n) is 3.98. The van der Waals surface area contributed by atoms with E-state index in [1.165, 1.54) is 11.1 Å². The monoisotopic (exact) mass is 372 g/mol. The van der Waals surface area contributed by atoms with Crippen molar-refractivity contribution < 1.29 is 9.84 Å². The lowest BCUT2D eigenvalue weighted by Gasteiger charge is -2.41. The first kappa shape index (κ1) is 19.9. The number of hydrogen-bond donors (Lipinski definition) is 1. The van der Waals surface area contributed by atoms with Crippen molar-refractivity contribution in [3.8, 4) is 5.75 Å². The van der Waals surface area contributed by atoms with Crippen LogP contribution in [-0.4, -0.2) is 63.9 Å². The van der Waals surface area contributed by atoms with Gasteiger partial charge in [-0.3, -0.25) is 9.80 Å². The quantitative estimate of drug-likeness (QED) is 0.771. The molecule has 0 spiro atoms. The third-order valence-electron chi connectivity index (χ3n) is 5.50. The van der Waals surface area contributed by atoms with Gasteiger partial charge in [0.05, 0.1) is 13.7 Å². The molecule has 1 aromatic heterocycles. The molecule has 2 heterocycles. The molecule has 1 atom stereocenters. The predicted molar refractivity (Wildman–Crippen MR) is 107 cm³/mol. The smallest absolute Gasteiger partial charge is 0.122 e. The van der Waals surface area contributed by atoms with Gasteiger partial charge < -0.3 is 14.4 Å². The Hall–Kier alpha value is -1.89. The summed E-state index contributed by atoms with van der Waals surface area (Å²) in [4.78, 5) is 9.47. The van der Waals surface area contributed by atoms with Crippen LogP contribution >= 0.6 is 0 Å². The lowest BCUT2D eigenvalue weighted by Crippen LogP contribution is -2.52. The summed E-state index contributed by atoms with van der Waals surface area (Å²) in [7, 11) is 1.71. The van der Waals surface area contributed by atoms with Crippen LogP contribution in [0.15, 0.2) is 30.6 Å².